The second kappa shape index (κ2) is 7.93. The van der Waals surface area contributed by atoms with E-state index in [1.807, 2.05) is 48.9 Å². The van der Waals surface area contributed by atoms with Crippen LogP contribution in [0.25, 0.3) is 5.69 Å². The molecule has 1 spiro atoms. The summed E-state index contributed by atoms with van der Waals surface area (Å²) in [5.41, 5.74) is 1.06. The summed E-state index contributed by atoms with van der Waals surface area (Å²) in [5.74, 6) is -0.555. The topological polar surface area (TPSA) is 96.3 Å². The molecule has 1 saturated carbocycles. The minimum absolute atomic E-state index is 0.0729. The molecule has 0 radical (unpaired) electrons. The van der Waals surface area contributed by atoms with Gasteiger partial charge in [-0.15, -0.1) is 0 Å². The van der Waals surface area contributed by atoms with Gasteiger partial charge in [-0.3, -0.25) is 14.5 Å². The quantitative estimate of drug-likeness (QED) is 0.742. The summed E-state index contributed by atoms with van der Waals surface area (Å²) in [7, 11) is 0. The van der Waals surface area contributed by atoms with Gasteiger partial charge in [0.05, 0.1) is 12.4 Å². The van der Waals surface area contributed by atoms with E-state index in [0.29, 0.717) is 6.42 Å². The van der Waals surface area contributed by atoms with Gasteiger partial charge in [0.15, 0.2) is 0 Å². The van der Waals surface area contributed by atoms with Crippen molar-refractivity contribution in [1.82, 2.24) is 25.1 Å². The number of imide groups is 1. The SMILES string of the molecule is CC(NC(=O)CN1C(=O)NC2(CCCCC2C)C1=O)c1ccc(-n2ccnc2)cc1. The first kappa shape index (κ1) is 20.1. The van der Waals surface area contributed by atoms with Crippen LogP contribution in [0.3, 0.4) is 0 Å². The maximum atomic E-state index is 13.0. The summed E-state index contributed by atoms with van der Waals surface area (Å²) < 4.78 is 1.90. The molecule has 8 heteroatoms. The molecule has 2 fully saturated rings. The van der Waals surface area contributed by atoms with Crippen LogP contribution in [-0.4, -0.2) is 44.4 Å². The van der Waals surface area contributed by atoms with E-state index in [1.54, 1.807) is 12.5 Å². The number of carbonyl (C=O) groups excluding carboxylic acids is 3. The fourth-order valence-electron chi connectivity index (χ4n) is 4.50. The van der Waals surface area contributed by atoms with Crippen LogP contribution in [-0.2, 0) is 9.59 Å². The number of amides is 4. The van der Waals surface area contributed by atoms with Crippen molar-refractivity contribution in [3.8, 4) is 5.69 Å². The normalized spacial score (nSPS) is 24.7. The number of carbonyl (C=O) groups is 3. The van der Waals surface area contributed by atoms with Gasteiger partial charge in [-0.2, -0.15) is 0 Å². The third-order valence-electron chi connectivity index (χ3n) is 6.38. The molecule has 2 aliphatic rings. The third-order valence-corrected chi connectivity index (χ3v) is 6.38. The van der Waals surface area contributed by atoms with Crippen LogP contribution in [0, 0.1) is 5.92 Å². The molecule has 1 aliphatic heterocycles. The monoisotopic (exact) mass is 409 g/mol. The van der Waals surface area contributed by atoms with Crippen molar-refractivity contribution >= 4 is 17.8 Å². The molecule has 0 bridgehead atoms. The molecule has 3 unspecified atom stereocenters. The predicted molar refractivity (Wildman–Crippen MR) is 111 cm³/mol. The molecule has 2 N–H and O–H groups in total. The number of urea groups is 1. The molecule has 3 atom stereocenters. The van der Waals surface area contributed by atoms with Crippen molar-refractivity contribution in [3.05, 3.63) is 48.5 Å². The Bertz CT molecular complexity index is 940. The van der Waals surface area contributed by atoms with E-state index in [-0.39, 0.29) is 30.3 Å². The lowest BCUT2D eigenvalue weighted by atomic mass is 9.73. The smallest absolute Gasteiger partial charge is 0.325 e. The van der Waals surface area contributed by atoms with Crippen molar-refractivity contribution in [3.63, 3.8) is 0 Å². The molecular weight excluding hydrogens is 382 g/mol. The molecule has 1 aromatic carbocycles. The number of hydrogen-bond acceptors (Lipinski definition) is 4. The molecule has 2 heterocycles. The van der Waals surface area contributed by atoms with Crippen LogP contribution in [0.4, 0.5) is 4.79 Å². The predicted octanol–water partition coefficient (Wildman–Crippen LogP) is 2.55. The van der Waals surface area contributed by atoms with Gasteiger partial charge in [-0.05, 0) is 43.4 Å². The van der Waals surface area contributed by atoms with Crippen molar-refractivity contribution in [2.75, 3.05) is 6.54 Å². The Morgan fingerprint density at radius 3 is 2.73 bits per heavy atom. The molecule has 8 nitrogen and oxygen atoms in total. The zero-order valence-electron chi connectivity index (χ0n) is 17.3. The Labute approximate surface area is 175 Å². The minimum Gasteiger partial charge on any atom is -0.348 e. The average Bonchev–Trinajstić information content (AvgIpc) is 3.34. The van der Waals surface area contributed by atoms with Gasteiger partial charge in [0, 0.05) is 18.1 Å². The van der Waals surface area contributed by atoms with Gasteiger partial charge in [-0.1, -0.05) is 31.9 Å². The van der Waals surface area contributed by atoms with Crippen LogP contribution >= 0.6 is 0 Å². The molecule has 4 rings (SSSR count). The van der Waals surface area contributed by atoms with E-state index >= 15 is 0 Å². The minimum atomic E-state index is -0.843. The van der Waals surface area contributed by atoms with Crippen molar-refractivity contribution in [2.24, 2.45) is 5.92 Å². The molecule has 2 aromatic rings. The number of nitrogens with zero attached hydrogens (tertiary/aromatic N) is 3. The van der Waals surface area contributed by atoms with E-state index in [4.69, 9.17) is 0 Å². The number of benzene rings is 1. The summed E-state index contributed by atoms with van der Waals surface area (Å²) in [6, 6.07) is 7.05. The molecule has 30 heavy (non-hydrogen) atoms. The van der Waals surface area contributed by atoms with E-state index in [2.05, 4.69) is 15.6 Å². The van der Waals surface area contributed by atoms with E-state index in [0.717, 1.165) is 35.4 Å². The number of hydrogen-bond donors (Lipinski definition) is 2. The van der Waals surface area contributed by atoms with Crippen LogP contribution < -0.4 is 10.6 Å². The first-order chi connectivity index (χ1) is 14.4. The zero-order valence-corrected chi connectivity index (χ0v) is 17.3. The third kappa shape index (κ3) is 3.58. The molecular formula is C22H27N5O3. The summed E-state index contributed by atoms with van der Waals surface area (Å²) in [6.45, 7) is 3.60. The fourth-order valence-corrected chi connectivity index (χ4v) is 4.50. The zero-order chi connectivity index (χ0) is 21.3. The van der Waals surface area contributed by atoms with Crippen molar-refractivity contribution < 1.29 is 14.4 Å². The molecule has 1 aliphatic carbocycles. The molecule has 4 amide bonds. The molecule has 1 aromatic heterocycles. The van der Waals surface area contributed by atoms with Gasteiger partial charge < -0.3 is 15.2 Å². The molecule has 1 saturated heterocycles. The molecule has 158 valence electrons. The first-order valence-corrected chi connectivity index (χ1v) is 10.4. The van der Waals surface area contributed by atoms with Crippen LogP contribution in [0.1, 0.15) is 51.1 Å². The highest BCUT2D eigenvalue weighted by Gasteiger charge is 2.55. The largest absolute Gasteiger partial charge is 0.348 e. The number of rotatable bonds is 5. The second-order valence-electron chi connectivity index (χ2n) is 8.29. The van der Waals surface area contributed by atoms with Gasteiger partial charge in [0.2, 0.25) is 5.91 Å². The average molecular weight is 409 g/mol. The van der Waals surface area contributed by atoms with E-state index < -0.39 is 11.6 Å². The van der Waals surface area contributed by atoms with Gasteiger partial charge in [0.25, 0.3) is 5.91 Å². The number of nitrogens with one attached hydrogen (secondary N) is 2. The number of imidazole rings is 1. The Kier molecular flexibility index (Phi) is 5.32. The van der Waals surface area contributed by atoms with Crippen LogP contribution in [0.2, 0.25) is 0 Å². The number of aromatic nitrogens is 2. The Morgan fingerprint density at radius 1 is 1.30 bits per heavy atom. The standard InChI is InChI=1S/C22H27N5O3/c1-15-5-3-4-10-22(15)20(29)27(21(30)25-22)13-19(28)24-16(2)17-6-8-18(9-7-17)26-12-11-23-14-26/h6-9,11-12,14-16H,3-5,10,13H2,1-2H3,(H,24,28)(H,25,30). The van der Waals surface area contributed by atoms with Crippen LogP contribution in [0.15, 0.2) is 43.0 Å². The Balaban J connectivity index is 1.38. The van der Waals surface area contributed by atoms with Gasteiger partial charge in [0.1, 0.15) is 12.1 Å². The van der Waals surface area contributed by atoms with E-state index in [9.17, 15) is 14.4 Å². The lowest BCUT2D eigenvalue weighted by Crippen LogP contribution is -2.54. The maximum absolute atomic E-state index is 13.0. The lowest BCUT2D eigenvalue weighted by Gasteiger charge is -2.36. The summed E-state index contributed by atoms with van der Waals surface area (Å²) >= 11 is 0. The van der Waals surface area contributed by atoms with Gasteiger partial charge >= 0.3 is 6.03 Å². The van der Waals surface area contributed by atoms with E-state index in [1.165, 1.54) is 0 Å². The lowest BCUT2D eigenvalue weighted by molar-refractivity contribution is -0.137. The van der Waals surface area contributed by atoms with Gasteiger partial charge in [-0.25, -0.2) is 9.78 Å². The highest BCUT2D eigenvalue weighted by atomic mass is 16.2. The Morgan fingerprint density at radius 2 is 2.07 bits per heavy atom. The highest BCUT2D eigenvalue weighted by Crippen LogP contribution is 2.38. The van der Waals surface area contributed by atoms with Crippen LogP contribution in [0.5, 0.6) is 0 Å². The first-order valence-electron chi connectivity index (χ1n) is 10.4. The maximum Gasteiger partial charge on any atom is 0.325 e. The fraction of sp³-hybridized carbons (Fsp3) is 0.455. The Hall–Kier alpha value is -3.16. The summed E-state index contributed by atoms with van der Waals surface area (Å²) in [6.07, 6.45) is 8.79. The summed E-state index contributed by atoms with van der Waals surface area (Å²) in [4.78, 5) is 43.1. The highest BCUT2D eigenvalue weighted by molar-refractivity contribution is 6.09. The summed E-state index contributed by atoms with van der Waals surface area (Å²) in [5, 5.41) is 5.77. The van der Waals surface area contributed by atoms with Crippen molar-refractivity contribution in [1.29, 1.82) is 0 Å². The second-order valence-corrected chi connectivity index (χ2v) is 8.29. The van der Waals surface area contributed by atoms with Crippen molar-refractivity contribution in [2.45, 2.75) is 51.1 Å².